The van der Waals surface area contributed by atoms with E-state index in [-0.39, 0.29) is 11.8 Å². The fraction of sp³-hybridized carbons (Fsp3) is 0.500. The van der Waals surface area contributed by atoms with E-state index in [1.807, 2.05) is 25.1 Å². The van der Waals surface area contributed by atoms with Gasteiger partial charge in [0.2, 0.25) is 5.91 Å². The molecule has 150 valence electrons. The van der Waals surface area contributed by atoms with Crippen LogP contribution >= 0.6 is 0 Å². The van der Waals surface area contributed by atoms with Crippen molar-refractivity contribution in [1.82, 2.24) is 10.2 Å². The van der Waals surface area contributed by atoms with Gasteiger partial charge in [0.15, 0.2) is 5.82 Å². The molecule has 1 fully saturated rings. The summed E-state index contributed by atoms with van der Waals surface area (Å²) in [5, 5.41) is 11.6. The summed E-state index contributed by atoms with van der Waals surface area (Å²) in [6.07, 6.45) is 1.88. The minimum Gasteiger partial charge on any atom is -0.372 e. The highest BCUT2D eigenvalue weighted by Crippen LogP contribution is 2.26. The lowest BCUT2D eigenvalue weighted by atomic mass is 9.96. The van der Waals surface area contributed by atoms with Gasteiger partial charge in [0.25, 0.3) is 0 Å². The molecule has 28 heavy (non-hydrogen) atoms. The van der Waals surface area contributed by atoms with Gasteiger partial charge in [0.1, 0.15) is 0 Å². The molecule has 6 nitrogen and oxygen atoms in total. The molecular formula is C22H31N5O. The molecule has 1 unspecified atom stereocenters. The first-order valence-electron chi connectivity index (χ1n) is 10.2. The Morgan fingerprint density at radius 3 is 2.61 bits per heavy atom. The number of amides is 1. The summed E-state index contributed by atoms with van der Waals surface area (Å²) in [4.78, 5) is 17.4. The number of nitrogens with one attached hydrogen (secondary N) is 1. The molecule has 0 bridgehead atoms. The summed E-state index contributed by atoms with van der Waals surface area (Å²) in [6.45, 7) is 11.8. The Bertz CT molecular complexity index is 801. The molecule has 2 aromatic rings. The van der Waals surface area contributed by atoms with E-state index in [1.165, 1.54) is 5.69 Å². The molecule has 1 atom stereocenters. The molecule has 2 heterocycles. The minimum atomic E-state index is -0.0429. The summed E-state index contributed by atoms with van der Waals surface area (Å²) < 4.78 is 0. The monoisotopic (exact) mass is 381 g/mol. The highest BCUT2D eigenvalue weighted by molar-refractivity contribution is 5.94. The van der Waals surface area contributed by atoms with Gasteiger partial charge in [-0.3, -0.25) is 4.79 Å². The van der Waals surface area contributed by atoms with Crippen LogP contribution < -0.4 is 15.1 Å². The van der Waals surface area contributed by atoms with E-state index < -0.39 is 0 Å². The predicted octanol–water partition coefficient (Wildman–Crippen LogP) is 3.79. The van der Waals surface area contributed by atoms with Crippen LogP contribution in [0.1, 0.15) is 37.9 Å². The van der Waals surface area contributed by atoms with Gasteiger partial charge in [-0.15, -0.1) is 5.10 Å². The maximum Gasteiger partial charge on any atom is 0.229 e. The SMILES string of the molecule is CCN(CC)c1ccc(NC(=O)C2CCCN(c3ccc(C)nn3)C2)c(C)c1. The predicted molar refractivity (Wildman–Crippen MR) is 115 cm³/mol. The molecule has 1 aromatic heterocycles. The second-order valence-corrected chi connectivity index (χ2v) is 7.48. The maximum atomic E-state index is 12.9. The Labute approximate surface area is 168 Å². The largest absolute Gasteiger partial charge is 0.372 e. The number of carbonyl (C=O) groups excluding carboxylic acids is 1. The van der Waals surface area contributed by atoms with Crippen molar-refractivity contribution in [3.8, 4) is 0 Å². The van der Waals surface area contributed by atoms with Crippen molar-refractivity contribution in [2.75, 3.05) is 41.3 Å². The second-order valence-electron chi connectivity index (χ2n) is 7.48. The number of aryl methyl sites for hydroxylation is 2. The van der Waals surface area contributed by atoms with E-state index in [0.29, 0.717) is 6.54 Å². The third-order valence-corrected chi connectivity index (χ3v) is 5.50. The maximum absolute atomic E-state index is 12.9. The Hall–Kier alpha value is -2.63. The van der Waals surface area contributed by atoms with E-state index in [9.17, 15) is 4.79 Å². The van der Waals surface area contributed by atoms with E-state index in [4.69, 9.17) is 0 Å². The van der Waals surface area contributed by atoms with Gasteiger partial charge in [-0.25, -0.2) is 0 Å². The van der Waals surface area contributed by atoms with E-state index in [0.717, 1.165) is 55.2 Å². The molecule has 0 radical (unpaired) electrons. The second kappa shape index (κ2) is 9.04. The third-order valence-electron chi connectivity index (χ3n) is 5.50. The fourth-order valence-electron chi connectivity index (χ4n) is 3.77. The molecule has 1 aromatic carbocycles. The molecule has 0 saturated carbocycles. The van der Waals surface area contributed by atoms with Crippen LogP contribution in [0.5, 0.6) is 0 Å². The first-order valence-corrected chi connectivity index (χ1v) is 10.2. The molecule has 3 rings (SSSR count). The zero-order valence-corrected chi connectivity index (χ0v) is 17.4. The van der Waals surface area contributed by atoms with Crippen LogP contribution in [0.4, 0.5) is 17.2 Å². The van der Waals surface area contributed by atoms with Crippen LogP contribution in [0.15, 0.2) is 30.3 Å². The topological polar surface area (TPSA) is 61.4 Å². The molecule has 1 N–H and O–H groups in total. The van der Waals surface area contributed by atoms with Crippen molar-refractivity contribution >= 4 is 23.1 Å². The molecule has 0 spiro atoms. The van der Waals surface area contributed by atoms with Gasteiger partial charge in [-0.1, -0.05) is 0 Å². The van der Waals surface area contributed by atoms with Crippen molar-refractivity contribution in [2.45, 2.75) is 40.5 Å². The van der Waals surface area contributed by atoms with E-state index >= 15 is 0 Å². The van der Waals surface area contributed by atoms with Crippen molar-refractivity contribution < 1.29 is 4.79 Å². The van der Waals surface area contributed by atoms with Crippen molar-refractivity contribution in [3.05, 3.63) is 41.6 Å². The summed E-state index contributed by atoms with van der Waals surface area (Å²) in [6, 6.07) is 10.2. The Kier molecular flexibility index (Phi) is 6.49. The lowest BCUT2D eigenvalue weighted by Gasteiger charge is -2.32. The number of nitrogens with zero attached hydrogens (tertiary/aromatic N) is 4. The number of rotatable bonds is 6. The van der Waals surface area contributed by atoms with Gasteiger partial charge in [-0.05, 0) is 76.4 Å². The van der Waals surface area contributed by atoms with Gasteiger partial charge in [0.05, 0.1) is 11.6 Å². The molecular weight excluding hydrogens is 350 g/mol. The smallest absolute Gasteiger partial charge is 0.229 e. The van der Waals surface area contributed by atoms with Crippen molar-refractivity contribution in [3.63, 3.8) is 0 Å². The van der Waals surface area contributed by atoms with Crippen LogP contribution in [0.2, 0.25) is 0 Å². The van der Waals surface area contributed by atoms with E-state index in [1.54, 1.807) is 0 Å². The Morgan fingerprint density at radius 2 is 1.96 bits per heavy atom. The average molecular weight is 382 g/mol. The number of carbonyl (C=O) groups is 1. The standard InChI is InChI=1S/C22H31N5O/c1-5-26(6-2)19-10-11-20(16(3)14-19)23-22(28)18-8-7-13-27(15-18)21-12-9-17(4)24-25-21/h9-12,14,18H,5-8,13,15H2,1-4H3,(H,23,28). The van der Waals surface area contributed by atoms with Gasteiger partial charge >= 0.3 is 0 Å². The van der Waals surface area contributed by atoms with Gasteiger partial charge in [-0.2, -0.15) is 5.10 Å². The van der Waals surface area contributed by atoms with Crippen LogP contribution in [0.3, 0.4) is 0 Å². The summed E-state index contributed by atoms with van der Waals surface area (Å²) in [5.74, 6) is 0.894. The number of hydrogen-bond donors (Lipinski definition) is 1. The lowest BCUT2D eigenvalue weighted by Crippen LogP contribution is -2.41. The number of anilines is 3. The van der Waals surface area contributed by atoms with Gasteiger partial charge in [0, 0.05) is 37.6 Å². The summed E-state index contributed by atoms with van der Waals surface area (Å²) in [7, 11) is 0. The normalized spacial score (nSPS) is 16.7. The first kappa shape index (κ1) is 20.1. The fourth-order valence-corrected chi connectivity index (χ4v) is 3.77. The van der Waals surface area contributed by atoms with Crippen LogP contribution in [0.25, 0.3) is 0 Å². The molecule has 0 aliphatic carbocycles. The molecule has 1 aliphatic rings. The first-order chi connectivity index (χ1) is 13.5. The molecule has 1 aliphatic heterocycles. The Morgan fingerprint density at radius 1 is 1.18 bits per heavy atom. The van der Waals surface area contributed by atoms with Crippen LogP contribution in [-0.4, -0.2) is 42.3 Å². The zero-order valence-electron chi connectivity index (χ0n) is 17.4. The zero-order chi connectivity index (χ0) is 20.1. The number of hydrogen-bond acceptors (Lipinski definition) is 5. The quantitative estimate of drug-likeness (QED) is 0.825. The van der Waals surface area contributed by atoms with Crippen LogP contribution in [-0.2, 0) is 4.79 Å². The minimum absolute atomic E-state index is 0.0429. The van der Waals surface area contributed by atoms with E-state index in [2.05, 4.69) is 58.2 Å². The van der Waals surface area contributed by atoms with Gasteiger partial charge < -0.3 is 15.1 Å². The molecule has 1 amide bonds. The molecule has 1 saturated heterocycles. The van der Waals surface area contributed by atoms with Crippen molar-refractivity contribution in [2.24, 2.45) is 5.92 Å². The van der Waals surface area contributed by atoms with Crippen molar-refractivity contribution in [1.29, 1.82) is 0 Å². The summed E-state index contributed by atoms with van der Waals surface area (Å²) in [5.41, 5.74) is 4.09. The van der Waals surface area contributed by atoms with Crippen LogP contribution in [0, 0.1) is 19.8 Å². The summed E-state index contributed by atoms with van der Waals surface area (Å²) >= 11 is 0. The third kappa shape index (κ3) is 4.61. The highest BCUT2D eigenvalue weighted by Gasteiger charge is 2.27. The number of aromatic nitrogens is 2. The average Bonchev–Trinajstić information content (AvgIpc) is 2.71. The highest BCUT2D eigenvalue weighted by atomic mass is 16.1. The lowest BCUT2D eigenvalue weighted by molar-refractivity contribution is -0.120. The number of piperidine rings is 1. The Balaban J connectivity index is 1.66. The molecule has 6 heteroatoms. The number of benzene rings is 1.